The Hall–Kier alpha value is -0.883. The summed E-state index contributed by atoms with van der Waals surface area (Å²) in [6.45, 7) is 11.1. The van der Waals surface area contributed by atoms with Gasteiger partial charge in [0.15, 0.2) is 8.32 Å². The van der Waals surface area contributed by atoms with Gasteiger partial charge in [-0.25, -0.2) is 0 Å². The Morgan fingerprint density at radius 1 is 0.500 bits per heavy atom. The predicted molar refractivity (Wildman–Crippen MR) is 163 cm³/mol. The molecule has 0 fully saturated rings. The molecule has 0 aliphatic rings. The highest BCUT2D eigenvalue weighted by Gasteiger charge is 2.23. The average molecular weight is 557 g/mol. The van der Waals surface area contributed by atoms with Gasteiger partial charge in [-0.05, 0) is 32.5 Å². The van der Waals surface area contributed by atoms with E-state index in [9.17, 15) is 9.59 Å². The Morgan fingerprint density at radius 3 is 1.08 bits per heavy atom. The van der Waals surface area contributed by atoms with Crippen LogP contribution in [0.3, 0.4) is 0 Å². The third-order valence-corrected chi connectivity index (χ3v) is 7.89. The lowest BCUT2D eigenvalue weighted by atomic mass is 10.1. The number of esters is 2. The van der Waals surface area contributed by atoms with Crippen LogP contribution in [0.5, 0.6) is 0 Å². The lowest BCUT2D eigenvalue weighted by Crippen LogP contribution is -2.38. The van der Waals surface area contributed by atoms with Crippen LogP contribution in [0.2, 0.25) is 19.6 Å². The van der Waals surface area contributed by atoms with Crippen LogP contribution in [0.4, 0.5) is 0 Å². The van der Waals surface area contributed by atoms with E-state index in [-0.39, 0.29) is 31.3 Å². The van der Waals surface area contributed by atoms with Crippen LogP contribution in [0.15, 0.2) is 0 Å². The van der Waals surface area contributed by atoms with Gasteiger partial charge in [0.1, 0.15) is 19.3 Å². The van der Waals surface area contributed by atoms with Gasteiger partial charge in [-0.15, -0.1) is 0 Å². The second-order valence-corrected chi connectivity index (χ2v) is 16.5. The summed E-state index contributed by atoms with van der Waals surface area (Å²) in [6, 6.07) is 0. The number of rotatable bonds is 28. The zero-order valence-electron chi connectivity index (χ0n) is 26.1. The van der Waals surface area contributed by atoms with E-state index >= 15 is 0 Å². The van der Waals surface area contributed by atoms with Gasteiger partial charge in [0.2, 0.25) is 0 Å². The van der Waals surface area contributed by atoms with Crippen molar-refractivity contribution < 1.29 is 23.5 Å². The van der Waals surface area contributed by atoms with Crippen LogP contribution in [0.25, 0.3) is 0 Å². The molecule has 1 atom stereocenters. The van der Waals surface area contributed by atoms with Crippen LogP contribution < -0.4 is 0 Å². The van der Waals surface area contributed by atoms with Crippen LogP contribution in [-0.2, 0) is 23.5 Å². The first kappa shape index (κ1) is 37.1. The molecule has 0 saturated heterocycles. The van der Waals surface area contributed by atoms with Gasteiger partial charge in [-0.1, -0.05) is 129 Å². The van der Waals surface area contributed by atoms with Crippen molar-refractivity contribution in [3.05, 3.63) is 0 Å². The van der Waals surface area contributed by atoms with E-state index in [2.05, 4.69) is 33.5 Å². The Balaban J connectivity index is 3.93. The predicted octanol–water partition coefficient (Wildman–Crippen LogP) is 9.91. The van der Waals surface area contributed by atoms with E-state index in [4.69, 9.17) is 13.9 Å². The lowest BCUT2D eigenvalue weighted by molar-refractivity contribution is -0.151. The molecule has 0 aliphatic carbocycles. The van der Waals surface area contributed by atoms with E-state index < -0.39 is 8.32 Å². The van der Waals surface area contributed by atoms with Gasteiger partial charge in [-0.3, -0.25) is 9.59 Å². The molecule has 0 aromatic heterocycles. The molecule has 0 aromatic carbocycles. The standard InChI is InChI=1S/C32H64O5Si/c1-6-8-10-12-14-16-17-19-21-23-25-27-32(34)36-29-30(37-38(3,4)5)28-35-31(33)26-24-22-20-18-15-13-11-9-7-2/h30H,6-29H2,1-5H3. The van der Waals surface area contributed by atoms with Crippen LogP contribution in [0.1, 0.15) is 155 Å². The molecule has 1 unspecified atom stereocenters. The van der Waals surface area contributed by atoms with E-state index in [0.29, 0.717) is 12.8 Å². The van der Waals surface area contributed by atoms with Gasteiger partial charge in [-0.2, -0.15) is 0 Å². The zero-order valence-corrected chi connectivity index (χ0v) is 27.1. The Morgan fingerprint density at radius 2 is 0.789 bits per heavy atom. The van der Waals surface area contributed by atoms with Crippen LogP contribution >= 0.6 is 0 Å². The summed E-state index contributed by atoms with van der Waals surface area (Å²) in [5.41, 5.74) is 0. The van der Waals surface area contributed by atoms with E-state index in [0.717, 1.165) is 25.7 Å². The molecule has 0 aromatic rings. The molecule has 5 nitrogen and oxygen atoms in total. The van der Waals surface area contributed by atoms with Crippen molar-refractivity contribution in [3.63, 3.8) is 0 Å². The minimum absolute atomic E-state index is 0.159. The first-order chi connectivity index (χ1) is 18.3. The molecule has 0 aliphatic heterocycles. The first-order valence-corrected chi connectivity index (χ1v) is 19.7. The molecule has 0 amide bonds. The van der Waals surface area contributed by atoms with Gasteiger partial charge in [0.05, 0.1) is 0 Å². The molecule has 0 radical (unpaired) electrons. The largest absolute Gasteiger partial charge is 0.463 e. The summed E-state index contributed by atoms with van der Waals surface area (Å²) >= 11 is 0. The summed E-state index contributed by atoms with van der Waals surface area (Å²) in [5, 5.41) is 0. The van der Waals surface area contributed by atoms with E-state index in [1.807, 2.05) is 0 Å². The van der Waals surface area contributed by atoms with Gasteiger partial charge in [0.25, 0.3) is 0 Å². The Kier molecular flexibility index (Phi) is 25.7. The first-order valence-electron chi connectivity index (χ1n) is 16.3. The highest BCUT2D eigenvalue weighted by Crippen LogP contribution is 2.14. The van der Waals surface area contributed by atoms with Crippen molar-refractivity contribution in [3.8, 4) is 0 Å². The smallest absolute Gasteiger partial charge is 0.305 e. The second-order valence-electron chi connectivity index (χ2n) is 12.1. The fourth-order valence-corrected chi connectivity index (χ4v) is 5.78. The maximum absolute atomic E-state index is 12.2. The van der Waals surface area contributed by atoms with Crippen LogP contribution in [0, 0.1) is 0 Å². The highest BCUT2D eigenvalue weighted by molar-refractivity contribution is 6.69. The number of ether oxygens (including phenoxy) is 2. The molecule has 0 rings (SSSR count). The fourth-order valence-electron chi connectivity index (χ4n) is 4.65. The third kappa shape index (κ3) is 28.1. The van der Waals surface area contributed by atoms with Crippen molar-refractivity contribution in [2.45, 2.75) is 181 Å². The number of carbonyl (C=O) groups excluding carboxylic acids is 2. The summed E-state index contributed by atoms with van der Waals surface area (Å²) < 4.78 is 17.1. The van der Waals surface area contributed by atoms with Crippen molar-refractivity contribution >= 4 is 20.3 Å². The molecule has 0 heterocycles. The number of unbranched alkanes of at least 4 members (excludes halogenated alkanes) is 18. The minimum Gasteiger partial charge on any atom is -0.463 e. The molecule has 0 spiro atoms. The zero-order chi connectivity index (χ0) is 28.3. The molecular weight excluding hydrogens is 492 g/mol. The normalized spacial score (nSPS) is 12.4. The summed E-state index contributed by atoms with van der Waals surface area (Å²) in [4.78, 5) is 24.5. The Bertz CT molecular complexity index is 546. The lowest BCUT2D eigenvalue weighted by Gasteiger charge is -2.26. The highest BCUT2D eigenvalue weighted by atomic mass is 28.4. The van der Waals surface area contributed by atoms with Gasteiger partial charge in [0, 0.05) is 12.8 Å². The monoisotopic (exact) mass is 556 g/mol. The van der Waals surface area contributed by atoms with Crippen LogP contribution in [-0.4, -0.2) is 39.6 Å². The third-order valence-electron chi connectivity index (χ3n) is 6.85. The summed E-state index contributed by atoms with van der Waals surface area (Å²) in [6.07, 6.45) is 25.4. The second kappa shape index (κ2) is 26.3. The maximum Gasteiger partial charge on any atom is 0.305 e. The number of hydrogen-bond donors (Lipinski definition) is 0. The molecule has 226 valence electrons. The topological polar surface area (TPSA) is 61.8 Å². The summed E-state index contributed by atoms with van der Waals surface area (Å²) in [7, 11) is -1.86. The fraction of sp³-hybridized carbons (Fsp3) is 0.938. The Labute approximate surface area is 237 Å². The molecule has 6 heteroatoms. The maximum atomic E-state index is 12.2. The molecule has 0 bridgehead atoms. The quantitative estimate of drug-likeness (QED) is 0.0545. The summed E-state index contributed by atoms with van der Waals surface area (Å²) in [5.74, 6) is -0.351. The molecule has 38 heavy (non-hydrogen) atoms. The molecular formula is C32H64O5Si. The van der Waals surface area contributed by atoms with Gasteiger partial charge < -0.3 is 13.9 Å². The number of carbonyl (C=O) groups is 2. The SMILES string of the molecule is CCCCCCCCCCCCCC(=O)OCC(COC(=O)CCCCCCCCCCC)O[Si](C)(C)C. The van der Waals surface area contributed by atoms with E-state index in [1.165, 1.54) is 103 Å². The van der Waals surface area contributed by atoms with Gasteiger partial charge >= 0.3 is 11.9 Å². The van der Waals surface area contributed by atoms with Crippen molar-refractivity contribution in [2.75, 3.05) is 13.2 Å². The molecule has 0 saturated carbocycles. The minimum atomic E-state index is -1.86. The van der Waals surface area contributed by atoms with Crippen molar-refractivity contribution in [1.82, 2.24) is 0 Å². The number of hydrogen-bond acceptors (Lipinski definition) is 5. The average Bonchev–Trinajstić information content (AvgIpc) is 2.87. The van der Waals surface area contributed by atoms with E-state index in [1.54, 1.807) is 0 Å². The van der Waals surface area contributed by atoms with Crippen molar-refractivity contribution in [2.24, 2.45) is 0 Å². The molecule has 0 N–H and O–H groups in total. The van der Waals surface area contributed by atoms with Crippen molar-refractivity contribution in [1.29, 1.82) is 0 Å².